The molecule has 0 bridgehead atoms. The van der Waals surface area contributed by atoms with Crippen LogP contribution < -0.4 is 14.8 Å². The molecule has 0 aliphatic heterocycles. The minimum atomic E-state index is 0.439. The summed E-state index contributed by atoms with van der Waals surface area (Å²) in [5, 5.41) is 3.89. The first kappa shape index (κ1) is 18.2. The van der Waals surface area contributed by atoms with Crippen molar-refractivity contribution in [3.05, 3.63) is 88.7 Å². The smallest absolute Gasteiger partial charge is 0.180 e. The molecule has 0 aliphatic carbocycles. The third-order valence-corrected chi connectivity index (χ3v) is 4.16. The first-order valence-electron chi connectivity index (χ1n) is 8.40. The second-order valence-corrected chi connectivity index (χ2v) is 6.22. The lowest BCUT2D eigenvalue weighted by Gasteiger charge is -2.14. The molecule has 1 heterocycles. The van der Waals surface area contributed by atoms with Gasteiger partial charge < -0.3 is 14.8 Å². The van der Waals surface area contributed by atoms with Crippen molar-refractivity contribution in [3.63, 3.8) is 0 Å². The molecule has 0 unspecified atom stereocenters. The number of hydrogen-bond donors (Lipinski definition) is 1. The van der Waals surface area contributed by atoms with Crippen LogP contribution in [0.1, 0.15) is 16.8 Å². The summed E-state index contributed by atoms with van der Waals surface area (Å²) < 4.78 is 11.4. The molecule has 0 atom stereocenters. The van der Waals surface area contributed by atoms with E-state index in [-0.39, 0.29) is 0 Å². The van der Waals surface area contributed by atoms with Crippen LogP contribution in [0.4, 0.5) is 0 Å². The standard InChI is InChI=1S/C21H21ClN2O2/c1-25-20-12-17(13-23-14-18-9-5-6-10-24-18)11-19(22)21(20)26-15-16-7-3-2-4-8-16/h2-12,23H,13-15H2,1H3. The van der Waals surface area contributed by atoms with Crippen molar-refractivity contribution in [1.82, 2.24) is 10.3 Å². The number of benzene rings is 2. The van der Waals surface area contributed by atoms with Gasteiger partial charge in [-0.05, 0) is 35.4 Å². The average Bonchev–Trinajstić information content (AvgIpc) is 2.68. The molecule has 0 amide bonds. The van der Waals surface area contributed by atoms with Crippen molar-refractivity contribution in [2.75, 3.05) is 7.11 Å². The van der Waals surface area contributed by atoms with Gasteiger partial charge in [-0.2, -0.15) is 0 Å². The second kappa shape index (κ2) is 9.22. The zero-order valence-corrected chi connectivity index (χ0v) is 15.4. The van der Waals surface area contributed by atoms with Gasteiger partial charge in [0.05, 0.1) is 17.8 Å². The summed E-state index contributed by atoms with van der Waals surface area (Å²) >= 11 is 6.43. The van der Waals surface area contributed by atoms with E-state index in [0.29, 0.717) is 36.2 Å². The predicted molar refractivity (Wildman–Crippen MR) is 104 cm³/mol. The first-order valence-corrected chi connectivity index (χ1v) is 8.78. The molecule has 0 saturated heterocycles. The molecule has 5 heteroatoms. The lowest BCUT2D eigenvalue weighted by atomic mass is 10.2. The summed E-state index contributed by atoms with van der Waals surface area (Å²) in [4.78, 5) is 4.30. The average molecular weight is 369 g/mol. The molecule has 0 spiro atoms. The highest BCUT2D eigenvalue weighted by atomic mass is 35.5. The fraction of sp³-hybridized carbons (Fsp3) is 0.190. The highest BCUT2D eigenvalue weighted by molar-refractivity contribution is 6.32. The van der Waals surface area contributed by atoms with Gasteiger partial charge in [-0.15, -0.1) is 0 Å². The van der Waals surface area contributed by atoms with Gasteiger partial charge in [-0.1, -0.05) is 48.0 Å². The molecule has 134 valence electrons. The third kappa shape index (κ3) is 4.97. The summed E-state index contributed by atoms with van der Waals surface area (Å²) in [6.07, 6.45) is 1.79. The van der Waals surface area contributed by atoms with Gasteiger partial charge in [0.15, 0.2) is 11.5 Å². The molecule has 0 aliphatic rings. The van der Waals surface area contributed by atoms with E-state index < -0.39 is 0 Å². The molecule has 1 aromatic heterocycles. The fourth-order valence-electron chi connectivity index (χ4n) is 2.58. The number of halogens is 1. The molecular weight excluding hydrogens is 348 g/mol. The van der Waals surface area contributed by atoms with Crippen LogP contribution in [0.3, 0.4) is 0 Å². The number of nitrogens with zero attached hydrogens (tertiary/aromatic N) is 1. The number of ether oxygens (including phenoxy) is 2. The number of rotatable bonds is 8. The lowest BCUT2D eigenvalue weighted by molar-refractivity contribution is 0.284. The monoisotopic (exact) mass is 368 g/mol. The zero-order valence-electron chi connectivity index (χ0n) is 14.6. The molecule has 26 heavy (non-hydrogen) atoms. The van der Waals surface area contributed by atoms with Crippen LogP contribution in [-0.2, 0) is 19.7 Å². The molecule has 1 N–H and O–H groups in total. The minimum absolute atomic E-state index is 0.439. The summed E-state index contributed by atoms with van der Waals surface area (Å²) in [6.45, 7) is 1.78. The van der Waals surface area contributed by atoms with E-state index in [1.807, 2.05) is 60.7 Å². The van der Waals surface area contributed by atoms with Crippen molar-refractivity contribution in [1.29, 1.82) is 0 Å². The van der Waals surface area contributed by atoms with Crippen LogP contribution in [0.15, 0.2) is 66.9 Å². The van der Waals surface area contributed by atoms with Crippen molar-refractivity contribution >= 4 is 11.6 Å². The number of methoxy groups -OCH3 is 1. The van der Waals surface area contributed by atoms with E-state index in [1.54, 1.807) is 13.3 Å². The molecule has 4 nitrogen and oxygen atoms in total. The number of hydrogen-bond acceptors (Lipinski definition) is 4. The Kier molecular flexibility index (Phi) is 6.47. The first-order chi connectivity index (χ1) is 12.8. The maximum absolute atomic E-state index is 6.43. The van der Waals surface area contributed by atoms with Crippen LogP contribution >= 0.6 is 11.6 Å². The second-order valence-electron chi connectivity index (χ2n) is 5.81. The normalized spacial score (nSPS) is 10.5. The van der Waals surface area contributed by atoms with E-state index in [4.69, 9.17) is 21.1 Å². The van der Waals surface area contributed by atoms with Gasteiger partial charge in [-0.3, -0.25) is 4.98 Å². The van der Waals surface area contributed by atoms with Gasteiger partial charge in [0.1, 0.15) is 6.61 Å². The Morgan fingerprint density at radius 1 is 0.962 bits per heavy atom. The Balaban J connectivity index is 1.64. The molecule has 3 rings (SSSR count). The maximum atomic E-state index is 6.43. The zero-order chi connectivity index (χ0) is 18.2. The molecule has 3 aromatic rings. The summed E-state index contributed by atoms with van der Waals surface area (Å²) in [7, 11) is 1.62. The Morgan fingerprint density at radius 3 is 2.50 bits per heavy atom. The van der Waals surface area contributed by atoms with Crippen molar-refractivity contribution in [3.8, 4) is 11.5 Å². The Labute approximate surface area is 158 Å². The topological polar surface area (TPSA) is 43.4 Å². The van der Waals surface area contributed by atoms with Gasteiger partial charge in [0.25, 0.3) is 0 Å². The van der Waals surface area contributed by atoms with Crippen LogP contribution in [-0.4, -0.2) is 12.1 Å². The van der Waals surface area contributed by atoms with E-state index in [9.17, 15) is 0 Å². The van der Waals surface area contributed by atoms with Crippen LogP contribution in [0.5, 0.6) is 11.5 Å². The van der Waals surface area contributed by atoms with Gasteiger partial charge in [-0.25, -0.2) is 0 Å². The lowest BCUT2D eigenvalue weighted by Crippen LogP contribution is -2.13. The molecule has 0 saturated carbocycles. The van der Waals surface area contributed by atoms with Gasteiger partial charge in [0, 0.05) is 19.3 Å². The van der Waals surface area contributed by atoms with Crippen LogP contribution in [0, 0.1) is 0 Å². The number of nitrogens with one attached hydrogen (secondary N) is 1. The Morgan fingerprint density at radius 2 is 1.77 bits per heavy atom. The molecule has 0 radical (unpaired) electrons. The van der Waals surface area contributed by atoms with Crippen LogP contribution in [0.2, 0.25) is 5.02 Å². The summed E-state index contributed by atoms with van der Waals surface area (Å²) in [5.74, 6) is 1.19. The molecule has 2 aromatic carbocycles. The Bertz CT molecular complexity index is 826. The quantitative estimate of drug-likeness (QED) is 0.630. The van der Waals surface area contributed by atoms with Crippen molar-refractivity contribution in [2.45, 2.75) is 19.7 Å². The predicted octanol–water partition coefficient (Wildman–Crippen LogP) is 4.61. The number of pyridine rings is 1. The van der Waals surface area contributed by atoms with E-state index in [0.717, 1.165) is 16.8 Å². The molecular formula is C21H21ClN2O2. The molecule has 0 fully saturated rings. The van der Waals surface area contributed by atoms with E-state index >= 15 is 0 Å². The Hall–Kier alpha value is -2.56. The van der Waals surface area contributed by atoms with E-state index in [1.165, 1.54) is 0 Å². The van der Waals surface area contributed by atoms with E-state index in [2.05, 4.69) is 10.3 Å². The highest BCUT2D eigenvalue weighted by Gasteiger charge is 2.12. The summed E-state index contributed by atoms with van der Waals surface area (Å²) in [6, 6.07) is 19.7. The third-order valence-electron chi connectivity index (χ3n) is 3.88. The SMILES string of the molecule is COc1cc(CNCc2ccccn2)cc(Cl)c1OCc1ccccc1. The van der Waals surface area contributed by atoms with Gasteiger partial charge in [0.2, 0.25) is 0 Å². The number of aromatic nitrogens is 1. The van der Waals surface area contributed by atoms with Crippen LogP contribution in [0.25, 0.3) is 0 Å². The van der Waals surface area contributed by atoms with Crippen molar-refractivity contribution < 1.29 is 9.47 Å². The van der Waals surface area contributed by atoms with Crippen molar-refractivity contribution in [2.24, 2.45) is 0 Å². The largest absolute Gasteiger partial charge is 0.493 e. The van der Waals surface area contributed by atoms with Gasteiger partial charge >= 0.3 is 0 Å². The maximum Gasteiger partial charge on any atom is 0.180 e. The highest BCUT2D eigenvalue weighted by Crippen LogP contribution is 2.37. The summed E-state index contributed by atoms with van der Waals surface area (Å²) in [5.41, 5.74) is 3.09. The fourth-order valence-corrected chi connectivity index (χ4v) is 2.87. The minimum Gasteiger partial charge on any atom is -0.493 e.